The van der Waals surface area contributed by atoms with E-state index < -0.39 is 10.0 Å². The molecule has 1 atom stereocenters. The molecule has 6 heteroatoms. The number of fused-ring (bicyclic) bond motifs is 1. The van der Waals surface area contributed by atoms with Crippen LogP contribution in [-0.2, 0) is 21.2 Å². The van der Waals surface area contributed by atoms with Gasteiger partial charge in [-0.05, 0) is 42.5 Å². The van der Waals surface area contributed by atoms with Gasteiger partial charge < -0.3 is 4.74 Å². The van der Waals surface area contributed by atoms with Crippen molar-refractivity contribution >= 4 is 26.0 Å². The predicted octanol–water partition coefficient (Wildman–Crippen LogP) is 2.39. The van der Waals surface area contributed by atoms with Crippen molar-refractivity contribution in [3.63, 3.8) is 0 Å². The highest BCUT2D eigenvalue weighted by molar-refractivity contribution is 9.10. The molecule has 1 N–H and O–H groups in total. The van der Waals surface area contributed by atoms with Gasteiger partial charge in [-0.2, -0.15) is 0 Å². The zero-order valence-electron chi connectivity index (χ0n) is 10.9. The Hall–Kier alpha value is -0.430. The summed E-state index contributed by atoms with van der Waals surface area (Å²) in [5.41, 5.74) is 2.32. The lowest BCUT2D eigenvalue weighted by Crippen LogP contribution is -2.30. The Labute approximate surface area is 122 Å². The van der Waals surface area contributed by atoms with E-state index in [0.29, 0.717) is 13.0 Å². The van der Waals surface area contributed by atoms with E-state index >= 15 is 0 Å². The van der Waals surface area contributed by atoms with Crippen molar-refractivity contribution < 1.29 is 13.2 Å². The lowest BCUT2D eigenvalue weighted by molar-refractivity contribution is 0.199. The molecule has 0 amide bonds. The third-order valence-corrected chi connectivity index (χ3v) is 5.23. The minimum atomic E-state index is -3.23. The summed E-state index contributed by atoms with van der Waals surface area (Å²) in [6.07, 6.45) is 2.26. The van der Waals surface area contributed by atoms with Gasteiger partial charge in [0.25, 0.3) is 0 Å². The molecule has 0 saturated carbocycles. The van der Waals surface area contributed by atoms with Gasteiger partial charge in [-0.25, -0.2) is 13.1 Å². The van der Waals surface area contributed by atoms with Crippen molar-refractivity contribution in [1.29, 1.82) is 0 Å². The second-order valence-electron chi connectivity index (χ2n) is 4.72. The van der Waals surface area contributed by atoms with E-state index in [1.165, 1.54) is 5.56 Å². The van der Waals surface area contributed by atoms with Gasteiger partial charge in [-0.1, -0.05) is 22.0 Å². The first kappa shape index (κ1) is 15.0. The maximum atomic E-state index is 12.0. The Bertz CT molecular complexity index is 545. The predicted molar refractivity (Wildman–Crippen MR) is 78.6 cm³/mol. The Morgan fingerprint density at radius 3 is 3.00 bits per heavy atom. The number of halogens is 1. The molecule has 0 saturated heterocycles. The van der Waals surface area contributed by atoms with Gasteiger partial charge in [0, 0.05) is 24.2 Å². The molecule has 1 aromatic carbocycles. The Morgan fingerprint density at radius 2 is 2.26 bits per heavy atom. The molecule has 106 valence electrons. The van der Waals surface area contributed by atoms with Crippen LogP contribution >= 0.6 is 15.9 Å². The second-order valence-corrected chi connectivity index (χ2v) is 7.51. The lowest BCUT2D eigenvalue weighted by Gasteiger charge is -2.14. The van der Waals surface area contributed by atoms with E-state index in [9.17, 15) is 8.42 Å². The average molecular weight is 348 g/mol. The number of nitrogens with one attached hydrogen (secondary N) is 1. The quantitative estimate of drug-likeness (QED) is 0.804. The van der Waals surface area contributed by atoms with Gasteiger partial charge in [0.1, 0.15) is 0 Å². The maximum Gasteiger partial charge on any atom is 0.212 e. The molecule has 4 nitrogen and oxygen atoms in total. The molecule has 1 aromatic rings. The van der Waals surface area contributed by atoms with Crippen molar-refractivity contribution in [1.82, 2.24) is 4.72 Å². The van der Waals surface area contributed by atoms with Gasteiger partial charge >= 0.3 is 0 Å². The molecule has 0 bridgehead atoms. The fraction of sp³-hybridized carbons (Fsp3) is 0.538. The van der Waals surface area contributed by atoms with E-state index in [-0.39, 0.29) is 11.8 Å². The van der Waals surface area contributed by atoms with Crippen LogP contribution in [0.5, 0.6) is 0 Å². The molecule has 2 rings (SSSR count). The van der Waals surface area contributed by atoms with Gasteiger partial charge in [0.05, 0.1) is 5.75 Å². The van der Waals surface area contributed by atoms with Crippen LogP contribution in [0.2, 0.25) is 0 Å². The normalized spacial score (nSPS) is 18.5. The zero-order chi connectivity index (χ0) is 13.9. The first-order valence-corrected chi connectivity index (χ1v) is 8.73. The highest BCUT2D eigenvalue weighted by Crippen LogP contribution is 2.33. The van der Waals surface area contributed by atoms with E-state index in [1.807, 2.05) is 12.1 Å². The summed E-state index contributed by atoms with van der Waals surface area (Å²) in [5.74, 6) is 0.114. The summed E-state index contributed by atoms with van der Waals surface area (Å²) < 4.78 is 32.6. The van der Waals surface area contributed by atoms with Crippen molar-refractivity contribution in [3.8, 4) is 0 Å². The number of ether oxygens (including phenoxy) is 1. The standard InChI is InChI=1S/C13H18BrNO3S/c1-18-7-2-8-19(16,17)15-13-6-3-10-9-11(14)4-5-12(10)13/h4-5,9,13,15H,2-3,6-8H2,1H3. The van der Waals surface area contributed by atoms with E-state index in [1.54, 1.807) is 7.11 Å². The minimum Gasteiger partial charge on any atom is -0.385 e. The Balaban J connectivity index is 2.02. The Morgan fingerprint density at radius 1 is 1.47 bits per heavy atom. The van der Waals surface area contributed by atoms with Gasteiger partial charge in [0.2, 0.25) is 10.0 Å². The van der Waals surface area contributed by atoms with Crippen LogP contribution in [-0.4, -0.2) is 27.9 Å². The minimum absolute atomic E-state index is 0.0874. The van der Waals surface area contributed by atoms with Crippen LogP contribution in [0, 0.1) is 0 Å². The highest BCUT2D eigenvalue weighted by Gasteiger charge is 2.26. The first-order chi connectivity index (χ1) is 9.02. The van der Waals surface area contributed by atoms with Gasteiger partial charge in [-0.3, -0.25) is 0 Å². The van der Waals surface area contributed by atoms with Crippen LogP contribution in [0.1, 0.15) is 30.0 Å². The van der Waals surface area contributed by atoms with E-state index in [2.05, 4.69) is 26.7 Å². The number of hydrogen-bond donors (Lipinski definition) is 1. The molecular weight excluding hydrogens is 330 g/mol. The fourth-order valence-corrected chi connectivity index (χ4v) is 4.08. The summed E-state index contributed by atoms with van der Waals surface area (Å²) in [6.45, 7) is 0.467. The summed E-state index contributed by atoms with van der Waals surface area (Å²) in [7, 11) is -1.66. The van der Waals surface area contributed by atoms with E-state index in [0.717, 1.165) is 22.9 Å². The van der Waals surface area contributed by atoms with Gasteiger partial charge in [0.15, 0.2) is 0 Å². The SMILES string of the molecule is COCCCS(=O)(=O)NC1CCc2cc(Br)ccc21. The molecule has 0 spiro atoms. The van der Waals surface area contributed by atoms with Crippen molar-refractivity contribution in [2.24, 2.45) is 0 Å². The second kappa shape index (κ2) is 6.35. The number of aryl methyl sites for hydroxylation is 1. The molecular formula is C13H18BrNO3S. The molecule has 1 aliphatic rings. The summed E-state index contributed by atoms with van der Waals surface area (Å²) >= 11 is 3.44. The molecule has 0 radical (unpaired) electrons. The first-order valence-electron chi connectivity index (χ1n) is 6.29. The van der Waals surface area contributed by atoms with Crippen LogP contribution in [0.25, 0.3) is 0 Å². The molecule has 1 unspecified atom stereocenters. The third kappa shape index (κ3) is 4.02. The molecule has 1 aliphatic carbocycles. The van der Waals surface area contributed by atoms with Crippen LogP contribution in [0.3, 0.4) is 0 Å². The molecule has 0 heterocycles. The highest BCUT2D eigenvalue weighted by atomic mass is 79.9. The number of benzene rings is 1. The number of methoxy groups -OCH3 is 1. The zero-order valence-corrected chi connectivity index (χ0v) is 13.3. The van der Waals surface area contributed by atoms with Gasteiger partial charge in [-0.15, -0.1) is 0 Å². The van der Waals surface area contributed by atoms with Crippen LogP contribution in [0.15, 0.2) is 22.7 Å². The monoisotopic (exact) mass is 347 g/mol. The van der Waals surface area contributed by atoms with Crippen molar-refractivity contribution in [3.05, 3.63) is 33.8 Å². The Kier molecular flexibility index (Phi) is 5.00. The largest absolute Gasteiger partial charge is 0.385 e. The molecule has 0 aliphatic heterocycles. The maximum absolute atomic E-state index is 12.0. The number of hydrogen-bond acceptors (Lipinski definition) is 3. The number of rotatable bonds is 6. The molecule has 19 heavy (non-hydrogen) atoms. The fourth-order valence-electron chi connectivity index (χ4n) is 2.38. The smallest absolute Gasteiger partial charge is 0.212 e. The summed E-state index contributed by atoms with van der Waals surface area (Å²) in [4.78, 5) is 0. The summed E-state index contributed by atoms with van der Waals surface area (Å²) in [5, 5.41) is 0. The van der Waals surface area contributed by atoms with Crippen LogP contribution in [0.4, 0.5) is 0 Å². The molecule has 0 fully saturated rings. The average Bonchev–Trinajstić information content (AvgIpc) is 2.71. The van der Waals surface area contributed by atoms with Crippen molar-refractivity contribution in [2.75, 3.05) is 19.5 Å². The summed E-state index contributed by atoms with van der Waals surface area (Å²) in [6, 6.07) is 5.93. The lowest BCUT2D eigenvalue weighted by atomic mass is 10.1. The molecule has 0 aromatic heterocycles. The third-order valence-electron chi connectivity index (χ3n) is 3.27. The van der Waals surface area contributed by atoms with Crippen LogP contribution < -0.4 is 4.72 Å². The van der Waals surface area contributed by atoms with E-state index in [4.69, 9.17) is 4.74 Å². The number of sulfonamides is 1. The topological polar surface area (TPSA) is 55.4 Å². The van der Waals surface area contributed by atoms with Crippen molar-refractivity contribution in [2.45, 2.75) is 25.3 Å².